The van der Waals surface area contributed by atoms with Crippen molar-refractivity contribution in [1.29, 1.82) is 0 Å². The molecule has 0 spiro atoms. The van der Waals surface area contributed by atoms with Gasteiger partial charge in [0.15, 0.2) is 12.1 Å². The van der Waals surface area contributed by atoms with Crippen molar-refractivity contribution < 1.29 is 35.5 Å². The number of nitrogens with zero attached hydrogens (tertiary/aromatic N) is 5. The minimum atomic E-state index is -4.74. The van der Waals surface area contributed by atoms with E-state index in [-0.39, 0.29) is 34.7 Å². The van der Waals surface area contributed by atoms with Crippen molar-refractivity contribution in [3.63, 3.8) is 0 Å². The van der Waals surface area contributed by atoms with E-state index in [0.717, 1.165) is 24.7 Å². The Kier molecular flexibility index (Phi) is 11.3. The third-order valence-electron chi connectivity index (χ3n) is 5.06. The van der Waals surface area contributed by atoms with Crippen LogP contribution in [0.4, 0.5) is 42.1 Å². The number of nitrogens with two attached hydrogens (primary N) is 1. The smallest absolute Gasteiger partial charge is 0.397 e. The maximum atomic E-state index is 14.3. The van der Waals surface area contributed by atoms with E-state index in [4.69, 9.17) is 5.73 Å². The van der Waals surface area contributed by atoms with E-state index in [2.05, 4.69) is 20.1 Å². The summed E-state index contributed by atoms with van der Waals surface area (Å²) in [6, 6.07) is 2.22. The number of halogens is 7. The van der Waals surface area contributed by atoms with Gasteiger partial charge in [0.2, 0.25) is 0 Å². The Labute approximate surface area is 223 Å². The Bertz CT molecular complexity index is 1360. The second-order valence-corrected chi connectivity index (χ2v) is 8.25. The van der Waals surface area contributed by atoms with Crippen molar-refractivity contribution >= 4 is 24.0 Å². The van der Waals surface area contributed by atoms with E-state index >= 15 is 0 Å². The van der Waals surface area contributed by atoms with Crippen LogP contribution in [0.25, 0.3) is 11.4 Å². The zero-order valence-electron chi connectivity index (χ0n) is 21.1. The summed E-state index contributed by atoms with van der Waals surface area (Å²) in [4.78, 5) is 34.9. The highest BCUT2D eigenvalue weighted by atomic mass is 19.4. The number of nitrogen functional groups attached to an aromatic ring is 1. The lowest BCUT2D eigenvalue weighted by molar-refractivity contribution is -0.138. The molecular weight excluding hydrogens is 551 g/mol. The number of rotatable bonds is 9. The monoisotopic (exact) mass is 575 g/mol. The standard InChI is InChI=1S/C19H20F4N4O.C5H4F3N3O/c1-3-4-14(20)9-27(2)11-26-17-6-15(16(21)5-12(17)10-28)19-24-7-13(8-25-19)18(22)23;6-5(7,8)3-2(9)1-10-11-4(3)12/h5-8,10-11,14,18H,3-4,9H2,1-2H3;1H,(H3,9,11,12). The molecule has 1 unspecified atom stereocenters. The Morgan fingerprint density at radius 1 is 1.15 bits per heavy atom. The lowest BCUT2D eigenvalue weighted by atomic mass is 10.1. The number of carbonyl (C=O) groups excluding carboxylic acids is 1. The first-order chi connectivity index (χ1) is 18.8. The van der Waals surface area contributed by atoms with Crippen LogP contribution in [0.15, 0.2) is 40.5 Å². The van der Waals surface area contributed by atoms with Crippen molar-refractivity contribution in [2.24, 2.45) is 4.99 Å². The van der Waals surface area contributed by atoms with Crippen molar-refractivity contribution in [3.8, 4) is 11.4 Å². The third-order valence-corrected chi connectivity index (χ3v) is 5.06. The molecule has 3 N–H and O–H groups in total. The Balaban J connectivity index is 0.000000389. The number of aromatic amines is 1. The molecule has 0 aliphatic carbocycles. The summed E-state index contributed by atoms with van der Waals surface area (Å²) < 4.78 is 89.2. The summed E-state index contributed by atoms with van der Waals surface area (Å²) in [5, 5.41) is 4.74. The molecule has 2 aromatic heterocycles. The van der Waals surface area contributed by atoms with Gasteiger partial charge in [-0.25, -0.2) is 37.6 Å². The highest BCUT2D eigenvalue weighted by molar-refractivity contribution is 5.86. The van der Waals surface area contributed by atoms with E-state index in [1.54, 1.807) is 12.1 Å². The van der Waals surface area contributed by atoms with Crippen molar-refractivity contribution in [1.82, 2.24) is 25.1 Å². The zero-order chi connectivity index (χ0) is 30.0. The van der Waals surface area contributed by atoms with E-state index in [1.165, 1.54) is 17.3 Å². The summed E-state index contributed by atoms with van der Waals surface area (Å²) in [7, 11) is 1.63. The molecule has 0 aliphatic heterocycles. The van der Waals surface area contributed by atoms with E-state index < -0.39 is 41.4 Å². The normalized spacial score (nSPS) is 12.2. The third kappa shape index (κ3) is 8.84. The molecule has 0 fully saturated rings. The van der Waals surface area contributed by atoms with Crippen LogP contribution in [0.3, 0.4) is 0 Å². The number of aliphatic imine (C=N–C) groups is 1. The largest absolute Gasteiger partial charge is 0.423 e. The first-order valence-electron chi connectivity index (χ1n) is 11.5. The molecule has 0 bridgehead atoms. The van der Waals surface area contributed by atoms with Gasteiger partial charge in [0.05, 0.1) is 35.0 Å². The fraction of sp³-hybridized carbons (Fsp3) is 0.333. The average Bonchev–Trinajstić information content (AvgIpc) is 2.87. The molecule has 16 heteroatoms. The molecule has 0 aliphatic rings. The summed E-state index contributed by atoms with van der Waals surface area (Å²) in [6.45, 7) is 2.01. The number of aldehydes is 1. The van der Waals surface area contributed by atoms with Gasteiger partial charge < -0.3 is 10.6 Å². The summed E-state index contributed by atoms with van der Waals surface area (Å²) in [5.41, 5.74) is 1.14. The molecule has 0 saturated heterocycles. The van der Waals surface area contributed by atoms with Crippen molar-refractivity contribution in [2.75, 3.05) is 19.3 Å². The molecule has 2 heterocycles. The van der Waals surface area contributed by atoms with Crippen molar-refractivity contribution in [2.45, 2.75) is 38.5 Å². The molecule has 9 nitrogen and oxygen atoms in total. The predicted molar refractivity (Wildman–Crippen MR) is 133 cm³/mol. The SMILES string of the molecule is CCCC(F)CN(C)C=Nc1cc(-c2ncc(C(F)F)cn2)c(F)cc1C=O.Nc1cn[nH]c(=O)c1C(F)(F)F. The first-order valence-corrected chi connectivity index (χ1v) is 11.5. The van der Waals surface area contributed by atoms with Gasteiger partial charge in [-0.05, 0) is 18.6 Å². The van der Waals surface area contributed by atoms with E-state index in [1.807, 2.05) is 6.92 Å². The van der Waals surface area contributed by atoms with Gasteiger partial charge in [-0.2, -0.15) is 18.3 Å². The van der Waals surface area contributed by atoms with E-state index in [0.29, 0.717) is 19.1 Å². The number of aromatic nitrogens is 4. The van der Waals surface area contributed by atoms with Crippen LogP contribution in [0, 0.1) is 5.82 Å². The van der Waals surface area contributed by atoms with Gasteiger partial charge in [-0.15, -0.1) is 0 Å². The van der Waals surface area contributed by atoms with Crippen LogP contribution in [-0.4, -0.2) is 57.5 Å². The maximum Gasteiger partial charge on any atom is 0.423 e. The van der Waals surface area contributed by atoms with Gasteiger partial charge in [-0.3, -0.25) is 9.59 Å². The average molecular weight is 575 g/mol. The Morgan fingerprint density at radius 2 is 1.80 bits per heavy atom. The quantitative estimate of drug-likeness (QED) is 0.157. The molecule has 0 saturated carbocycles. The molecule has 0 radical (unpaired) electrons. The van der Waals surface area contributed by atoms with Crippen LogP contribution in [0.1, 0.15) is 47.7 Å². The fourth-order valence-electron chi connectivity index (χ4n) is 3.17. The van der Waals surface area contributed by atoms with Crippen LogP contribution in [0.5, 0.6) is 0 Å². The number of alkyl halides is 6. The minimum absolute atomic E-state index is 0.0135. The highest BCUT2D eigenvalue weighted by Crippen LogP contribution is 2.30. The van der Waals surface area contributed by atoms with Crippen LogP contribution >= 0.6 is 0 Å². The van der Waals surface area contributed by atoms with Gasteiger partial charge in [0.25, 0.3) is 12.0 Å². The molecule has 40 heavy (non-hydrogen) atoms. The molecule has 3 rings (SSSR count). The summed E-state index contributed by atoms with van der Waals surface area (Å²) in [5.74, 6) is -0.901. The van der Waals surface area contributed by atoms with Crippen LogP contribution < -0.4 is 11.3 Å². The molecule has 1 atom stereocenters. The fourth-order valence-corrected chi connectivity index (χ4v) is 3.17. The number of hydrogen-bond donors (Lipinski definition) is 2. The highest BCUT2D eigenvalue weighted by Gasteiger charge is 2.36. The number of anilines is 1. The lowest BCUT2D eigenvalue weighted by Gasteiger charge is -2.16. The molecule has 3 aromatic rings. The first kappa shape index (κ1) is 31.8. The summed E-state index contributed by atoms with van der Waals surface area (Å²) in [6.07, 6.45) is -3.01. The number of hydrogen-bond acceptors (Lipinski definition) is 7. The minimum Gasteiger partial charge on any atom is -0.397 e. The number of H-pyrrole nitrogens is 1. The second kappa shape index (κ2) is 14.1. The van der Waals surface area contributed by atoms with Gasteiger partial charge in [0, 0.05) is 31.5 Å². The predicted octanol–water partition coefficient (Wildman–Crippen LogP) is 5.13. The number of carbonyl (C=O) groups is 1. The van der Waals surface area contributed by atoms with Gasteiger partial charge in [0.1, 0.15) is 17.6 Å². The Hall–Kier alpha value is -4.37. The topological polar surface area (TPSA) is 130 Å². The maximum absolute atomic E-state index is 14.3. The van der Waals surface area contributed by atoms with E-state index in [9.17, 15) is 40.3 Å². The molecule has 0 amide bonds. The van der Waals surface area contributed by atoms with Crippen molar-refractivity contribution in [3.05, 3.63) is 63.6 Å². The lowest BCUT2D eigenvalue weighted by Crippen LogP contribution is -2.25. The van der Waals surface area contributed by atoms with Crippen LogP contribution in [0.2, 0.25) is 0 Å². The zero-order valence-corrected chi connectivity index (χ0v) is 21.1. The molecule has 1 aromatic carbocycles. The number of benzene rings is 1. The summed E-state index contributed by atoms with van der Waals surface area (Å²) >= 11 is 0. The van der Waals surface area contributed by atoms with Crippen LogP contribution in [-0.2, 0) is 6.18 Å². The molecule has 216 valence electrons. The Morgan fingerprint density at radius 3 is 2.30 bits per heavy atom. The number of nitrogens with one attached hydrogen (secondary N) is 1. The van der Waals surface area contributed by atoms with Gasteiger partial charge in [-0.1, -0.05) is 13.3 Å². The molecular formula is C24H24F7N7O2. The van der Waals surface area contributed by atoms with Gasteiger partial charge >= 0.3 is 6.18 Å². The second-order valence-electron chi connectivity index (χ2n) is 8.25.